The minimum Gasteiger partial charge on any atom is -0.490 e. The van der Waals surface area contributed by atoms with Gasteiger partial charge in [0.25, 0.3) is 5.91 Å². The molecule has 6 heteroatoms. The molecule has 2 amide bonds. The fraction of sp³-hybridized carbons (Fsp3) is 0.167. The van der Waals surface area contributed by atoms with E-state index in [4.69, 9.17) is 9.47 Å². The molecule has 3 rings (SSSR count). The molecule has 0 saturated carbocycles. The third-order valence-electron chi connectivity index (χ3n) is 4.29. The van der Waals surface area contributed by atoms with Crippen molar-refractivity contribution in [3.63, 3.8) is 0 Å². The standard InChI is InChI=1S/C24H24N2O4/c1-18-11-13-19(14-12-18)17-23(27)25-26-24(28)21-9-5-6-10-22(21)30-16-15-29-20-7-3-2-4-8-20/h2-14H,15-17H2,1H3,(H,25,27)(H,26,28). The van der Waals surface area contributed by atoms with Gasteiger partial charge in [-0.05, 0) is 36.8 Å². The zero-order chi connectivity index (χ0) is 21.2. The molecule has 0 aliphatic rings. The van der Waals surface area contributed by atoms with Crippen molar-refractivity contribution in [2.45, 2.75) is 13.3 Å². The van der Waals surface area contributed by atoms with Gasteiger partial charge in [-0.3, -0.25) is 20.4 Å². The fourth-order valence-corrected chi connectivity index (χ4v) is 2.74. The first kappa shape index (κ1) is 20.9. The average Bonchev–Trinajstić information content (AvgIpc) is 2.78. The molecule has 0 atom stereocenters. The molecular weight excluding hydrogens is 380 g/mol. The summed E-state index contributed by atoms with van der Waals surface area (Å²) in [7, 11) is 0. The van der Waals surface area contributed by atoms with Gasteiger partial charge in [-0.15, -0.1) is 0 Å². The summed E-state index contributed by atoms with van der Waals surface area (Å²) in [5, 5.41) is 0. The lowest BCUT2D eigenvalue weighted by atomic mass is 10.1. The zero-order valence-corrected chi connectivity index (χ0v) is 16.8. The van der Waals surface area contributed by atoms with Gasteiger partial charge in [-0.25, -0.2) is 0 Å². The third kappa shape index (κ3) is 6.38. The monoisotopic (exact) mass is 404 g/mol. The van der Waals surface area contributed by atoms with Crippen molar-refractivity contribution < 1.29 is 19.1 Å². The van der Waals surface area contributed by atoms with Crippen molar-refractivity contribution in [2.24, 2.45) is 0 Å². The van der Waals surface area contributed by atoms with Gasteiger partial charge in [-0.2, -0.15) is 0 Å². The van der Waals surface area contributed by atoms with Crippen LogP contribution in [-0.2, 0) is 11.2 Å². The first-order valence-electron chi connectivity index (χ1n) is 9.66. The predicted octanol–water partition coefficient (Wildman–Crippen LogP) is 3.46. The number of hydrogen-bond donors (Lipinski definition) is 2. The minimum atomic E-state index is -0.452. The van der Waals surface area contributed by atoms with Crippen LogP contribution in [0.4, 0.5) is 0 Å². The van der Waals surface area contributed by atoms with Crippen LogP contribution >= 0.6 is 0 Å². The second-order valence-corrected chi connectivity index (χ2v) is 6.67. The van der Waals surface area contributed by atoms with E-state index in [-0.39, 0.29) is 18.9 Å². The molecule has 0 radical (unpaired) electrons. The Morgan fingerprint density at radius 2 is 1.43 bits per heavy atom. The maximum absolute atomic E-state index is 12.5. The van der Waals surface area contributed by atoms with Crippen LogP contribution in [-0.4, -0.2) is 25.0 Å². The van der Waals surface area contributed by atoms with Gasteiger partial charge >= 0.3 is 0 Å². The summed E-state index contributed by atoms with van der Waals surface area (Å²) in [4.78, 5) is 24.6. The molecule has 3 aromatic carbocycles. The van der Waals surface area contributed by atoms with E-state index in [1.165, 1.54) is 0 Å². The number of carbonyl (C=O) groups is 2. The van der Waals surface area contributed by atoms with Gasteiger partial charge in [0.15, 0.2) is 0 Å². The summed E-state index contributed by atoms with van der Waals surface area (Å²) in [5.41, 5.74) is 7.20. The predicted molar refractivity (Wildman–Crippen MR) is 114 cm³/mol. The highest BCUT2D eigenvalue weighted by molar-refractivity contribution is 5.97. The fourth-order valence-electron chi connectivity index (χ4n) is 2.74. The highest BCUT2D eigenvalue weighted by Gasteiger charge is 2.13. The third-order valence-corrected chi connectivity index (χ3v) is 4.29. The quantitative estimate of drug-likeness (QED) is 0.445. The van der Waals surface area contributed by atoms with E-state index in [9.17, 15) is 9.59 Å². The molecule has 0 unspecified atom stereocenters. The maximum atomic E-state index is 12.5. The largest absolute Gasteiger partial charge is 0.490 e. The Hall–Kier alpha value is -3.80. The van der Waals surface area contributed by atoms with E-state index in [2.05, 4.69) is 10.9 Å². The molecule has 0 aliphatic carbocycles. The lowest BCUT2D eigenvalue weighted by Gasteiger charge is -2.13. The summed E-state index contributed by atoms with van der Waals surface area (Å²) in [5.74, 6) is 0.413. The molecule has 0 saturated heterocycles. The molecular formula is C24H24N2O4. The van der Waals surface area contributed by atoms with Crippen LogP contribution in [0.5, 0.6) is 11.5 Å². The number of para-hydroxylation sites is 2. The summed E-state index contributed by atoms with van der Waals surface area (Å²) < 4.78 is 11.3. The molecule has 0 heterocycles. The van der Waals surface area contributed by atoms with Crippen LogP contribution in [0.1, 0.15) is 21.5 Å². The lowest BCUT2D eigenvalue weighted by molar-refractivity contribution is -0.121. The van der Waals surface area contributed by atoms with Crippen molar-refractivity contribution >= 4 is 11.8 Å². The Bertz CT molecular complexity index is 972. The van der Waals surface area contributed by atoms with Crippen molar-refractivity contribution in [3.05, 3.63) is 95.6 Å². The van der Waals surface area contributed by atoms with E-state index in [0.717, 1.165) is 16.9 Å². The number of rotatable bonds is 8. The number of benzene rings is 3. The lowest BCUT2D eigenvalue weighted by Crippen LogP contribution is -2.42. The van der Waals surface area contributed by atoms with Crippen molar-refractivity contribution in [3.8, 4) is 11.5 Å². The smallest absolute Gasteiger partial charge is 0.273 e. The van der Waals surface area contributed by atoms with E-state index in [0.29, 0.717) is 17.9 Å². The molecule has 6 nitrogen and oxygen atoms in total. The highest BCUT2D eigenvalue weighted by atomic mass is 16.5. The number of nitrogens with one attached hydrogen (secondary N) is 2. The summed E-state index contributed by atoms with van der Waals surface area (Å²) in [6, 6.07) is 23.9. The second kappa shape index (κ2) is 10.7. The van der Waals surface area contributed by atoms with Crippen LogP contribution in [0, 0.1) is 6.92 Å². The first-order valence-corrected chi connectivity index (χ1v) is 9.66. The van der Waals surface area contributed by atoms with Crippen molar-refractivity contribution in [2.75, 3.05) is 13.2 Å². The SMILES string of the molecule is Cc1ccc(CC(=O)NNC(=O)c2ccccc2OCCOc2ccccc2)cc1. The van der Waals surface area contributed by atoms with Crippen LogP contribution in [0.2, 0.25) is 0 Å². The Morgan fingerprint density at radius 1 is 0.767 bits per heavy atom. The molecule has 154 valence electrons. The molecule has 3 aromatic rings. The number of ether oxygens (including phenoxy) is 2. The van der Waals surface area contributed by atoms with E-state index < -0.39 is 5.91 Å². The van der Waals surface area contributed by atoms with Crippen LogP contribution in [0.25, 0.3) is 0 Å². The molecule has 0 aliphatic heterocycles. The zero-order valence-electron chi connectivity index (χ0n) is 16.8. The van der Waals surface area contributed by atoms with Gasteiger partial charge in [0.1, 0.15) is 24.7 Å². The Labute approximate surface area is 175 Å². The van der Waals surface area contributed by atoms with Crippen LogP contribution in [0.3, 0.4) is 0 Å². The summed E-state index contributed by atoms with van der Waals surface area (Å²) in [6.45, 7) is 2.60. The molecule has 30 heavy (non-hydrogen) atoms. The van der Waals surface area contributed by atoms with Crippen molar-refractivity contribution in [1.82, 2.24) is 10.9 Å². The van der Waals surface area contributed by atoms with Crippen LogP contribution < -0.4 is 20.3 Å². The summed E-state index contributed by atoms with van der Waals surface area (Å²) >= 11 is 0. The topological polar surface area (TPSA) is 76.7 Å². The Balaban J connectivity index is 1.48. The maximum Gasteiger partial charge on any atom is 0.273 e. The molecule has 0 aromatic heterocycles. The number of carbonyl (C=O) groups excluding carboxylic acids is 2. The molecule has 0 spiro atoms. The number of hydrazine groups is 1. The molecule has 0 fully saturated rings. The van der Waals surface area contributed by atoms with Crippen molar-refractivity contribution in [1.29, 1.82) is 0 Å². The Morgan fingerprint density at radius 3 is 2.20 bits per heavy atom. The Kier molecular flexibility index (Phi) is 7.44. The van der Waals surface area contributed by atoms with Gasteiger partial charge in [-0.1, -0.05) is 60.2 Å². The van der Waals surface area contributed by atoms with Gasteiger partial charge in [0.2, 0.25) is 5.91 Å². The number of hydrogen-bond acceptors (Lipinski definition) is 4. The first-order chi connectivity index (χ1) is 14.6. The number of amides is 2. The van der Waals surface area contributed by atoms with E-state index in [1.54, 1.807) is 24.3 Å². The van der Waals surface area contributed by atoms with E-state index in [1.807, 2.05) is 61.5 Å². The average molecular weight is 404 g/mol. The summed E-state index contributed by atoms with van der Waals surface area (Å²) in [6.07, 6.45) is 0.176. The van der Waals surface area contributed by atoms with E-state index >= 15 is 0 Å². The van der Waals surface area contributed by atoms with Crippen LogP contribution in [0.15, 0.2) is 78.9 Å². The second-order valence-electron chi connectivity index (χ2n) is 6.67. The minimum absolute atomic E-state index is 0.176. The van der Waals surface area contributed by atoms with Gasteiger partial charge in [0.05, 0.1) is 12.0 Å². The highest BCUT2D eigenvalue weighted by Crippen LogP contribution is 2.18. The number of aryl methyl sites for hydroxylation is 1. The molecule has 2 N–H and O–H groups in total. The van der Waals surface area contributed by atoms with Gasteiger partial charge < -0.3 is 9.47 Å². The normalized spacial score (nSPS) is 10.2. The van der Waals surface area contributed by atoms with Gasteiger partial charge in [0, 0.05) is 0 Å². The molecule has 0 bridgehead atoms.